The molecule has 28 heavy (non-hydrogen) atoms. The fourth-order valence-electron chi connectivity index (χ4n) is 2.36. The van der Waals surface area contributed by atoms with Crippen LogP contribution < -0.4 is 10.1 Å². The van der Waals surface area contributed by atoms with Crippen molar-refractivity contribution in [3.05, 3.63) is 74.9 Å². The smallest absolute Gasteiger partial charge is 0.387 e. The summed E-state index contributed by atoms with van der Waals surface area (Å²) in [6.07, 6.45) is 1.55. The SMILES string of the molecule is O=C(Nc1nn(Cc2ccc(Cl)c(Cl)c2)cc1Cl)c1ccc(OC(F)F)cc1. The Morgan fingerprint density at radius 2 is 1.79 bits per heavy atom. The molecule has 3 rings (SSSR count). The molecule has 146 valence electrons. The molecular formula is C18H12Cl3F2N3O2. The fourth-order valence-corrected chi connectivity index (χ4v) is 2.87. The van der Waals surface area contributed by atoms with Crippen molar-refractivity contribution in [3.8, 4) is 5.75 Å². The van der Waals surface area contributed by atoms with Crippen LogP contribution in [-0.2, 0) is 6.54 Å². The van der Waals surface area contributed by atoms with Crippen molar-refractivity contribution in [2.24, 2.45) is 0 Å². The van der Waals surface area contributed by atoms with Crippen LogP contribution in [0.15, 0.2) is 48.7 Å². The Kier molecular flexibility index (Phi) is 6.39. The number of hydrogen-bond acceptors (Lipinski definition) is 3. The van der Waals surface area contributed by atoms with E-state index in [1.54, 1.807) is 24.4 Å². The number of ether oxygens (including phenoxy) is 1. The summed E-state index contributed by atoms with van der Waals surface area (Å²) in [6, 6.07) is 10.4. The molecule has 0 aliphatic heterocycles. The van der Waals surface area contributed by atoms with Crippen LogP contribution in [0.5, 0.6) is 5.75 Å². The van der Waals surface area contributed by atoms with Crippen LogP contribution >= 0.6 is 34.8 Å². The summed E-state index contributed by atoms with van der Waals surface area (Å²) < 4.78 is 30.1. The number of carbonyl (C=O) groups excluding carboxylic acids is 1. The monoisotopic (exact) mass is 445 g/mol. The van der Waals surface area contributed by atoms with Crippen molar-refractivity contribution >= 4 is 46.5 Å². The first kappa shape index (κ1) is 20.4. The Hall–Kier alpha value is -2.35. The van der Waals surface area contributed by atoms with Crippen LogP contribution in [0.25, 0.3) is 0 Å². The molecule has 3 aromatic rings. The normalized spacial score (nSPS) is 10.9. The van der Waals surface area contributed by atoms with Gasteiger partial charge in [-0.25, -0.2) is 0 Å². The molecule has 0 aliphatic rings. The van der Waals surface area contributed by atoms with Crippen molar-refractivity contribution in [2.45, 2.75) is 13.2 Å². The third kappa shape index (κ3) is 5.13. The van der Waals surface area contributed by atoms with Crippen molar-refractivity contribution in [3.63, 3.8) is 0 Å². The van der Waals surface area contributed by atoms with Gasteiger partial charge in [-0.15, -0.1) is 0 Å². The van der Waals surface area contributed by atoms with Crippen LogP contribution in [0, 0.1) is 0 Å². The Morgan fingerprint density at radius 3 is 2.43 bits per heavy atom. The van der Waals surface area contributed by atoms with Crippen molar-refractivity contribution < 1.29 is 18.3 Å². The Bertz CT molecular complexity index is 994. The number of aromatic nitrogens is 2. The van der Waals surface area contributed by atoms with Crippen molar-refractivity contribution in [1.82, 2.24) is 9.78 Å². The summed E-state index contributed by atoms with van der Waals surface area (Å²) in [5.74, 6) is -0.375. The van der Waals surface area contributed by atoms with Gasteiger partial charge in [0.25, 0.3) is 5.91 Å². The molecule has 0 saturated heterocycles. The second-order valence-corrected chi connectivity index (χ2v) is 6.85. The van der Waals surface area contributed by atoms with Gasteiger partial charge in [0.1, 0.15) is 10.8 Å². The summed E-state index contributed by atoms with van der Waals surface area (Å²) >= 11 is 18.0. The Balaban J connectivity index is 1.69. The van der Waals surface area contributed by atoms with Gasteiger partial charge in [0, 0.05) is 11.8 Å². The van der Waals surface area contributed by atoms with Crippen molar-refractivity contribution in [2.75, 3.05) is 5.32 Å². The molecule has 1 heterocycles. The Labute approximate surface area is 173 Å². The van der Waals surface area contributed by atoms with Crippen LogP contribution in [0.4, 0.5) is 14.6 Å². The van der Waals surface area contributed by atoms with Gasteiger partial charge in [0.2, 0.25) is 0 Å². The molecular weight excluding hydrogens is 435 g/mol. The van der Waals surface area contributed by atoms with Crippen LogP contribution in [0.1, 0.15) is 15.9 Å². The highest BCUT2D eigenvalue weighted by Crippen LogP contribution is 2.25. The van der Waals surface area contributed by atoms with E-state index < -0.39 is 12.5 Å². The first-order valence-corrected chi connectivity index (χ1v) is 8.98. The number of hydrogen-bond donors (Lipinski definition) is 1. The van der Waals surface area contributed by atoms with Gasteiger partial charge in [0.15, 0.2) is 5.82 Å². The average molecular weight is 447 g/mol. The lowest BCUT2D eigenvalue weighted by Gasteiger charge is -2.06. The number of nitrogens with zero attached hydrogens (tertiary/aromatic N) is 2. The van der Waals surface area contributed by atoms with Gasteiger partial charge in [-0.3, -0.25) is 9.48 Å². The molecule has 1 amide bonds. The number of nitrogens with one attached hydrogen (secondary N) is 1. The Morgan fingerprint density at radius 1 is 1.07 bits per heavy atom. The summed E-state index contributed by atoms with van der Waals surface area (Å²) in [5, 5.41) is 7.92. The topological polar surface area (TPSA) is 56.2 Å². The number of amides is 1. The summed E-state index contributed by atoms with van der Waals surface area (Å²) in [6.45, 7) is -2.57. The number of carbonyl (C=O) groups is 1. The van der Waals surface area contributed by atoms with E-state index in [2.05, 4.69) is 15.2 Å². The molecule has 0 fully saturated rings. The molecule has 0 radical (unpaired) electrons. The standard InChI is InChI=1S/C18H12Cl3F2N3O2/c19-13-6-1-10(7-14(13)20)8-26-9-15(21)16(25-26)24-17(27)11-2-4-12(5-3-11)28-18(22)23/h1-7,9,18H,8H2,(H,24,25,27). The second-order valence-electron chi connectivity index (χ2n) is 5.63. The lowest BCUT2D eigenvalue weighted by Crippen LogP contribution is -2.13. The van der Waals surface area contributed by atoms with Crippen LogP contribution in [0.2, 0.25) is 15.1 Å². The number of anilines is 1. The second kappa shape index (κ2) is 8.77. The predicted molar refractivity (Wildman–Crippen MR) is 104 cm³/mol. The minimum absolute atomic E-state index is 0.0458. The molecule has 5 nitrogen and oxygen atoms in total. The highest BCUT2D eigenvalue weighted by atomic mass is 35.5. The van der Waals surface area contributed by atoms with E-state index >= 15 is 0 Å². The molecule has 0 saturated carbocycles. The van der Waals surface area contributed by atoms with Gasteiger partial charge in [0.05, 0.1) is 16.6 Å². The molecule has 1 aromatic heterocycles. The van der Waals surface area contributed by atoms with Crippen LogP contribution in [-0.4, -0.2) is 22.3 Å². The van der Waals surface area contributed by atoms with Crippen LogP contribution in [0.3, 0.4) is 0 Å². The lowest BCUT2D eigenvalue weighted by molar-refractivity contribution is -0.0498. The van der Waals surface area contributed by atoms with Gasteiger partial charge in [-0.05, 0) is 42.0 Å². The number of benzene rings is 2. The van der Waals surface area contributed by atoms with E-state index in [1.165, 1.54) is 28.9 Å². The molecule has 1 N–H and O–H groups in total. The zero-order valence-electron chi connectivity index (χ0n) is 14.0. The third-order valence-corrected chi connectivity index (χ3v) is 4.63. The quantitative estimate of drug-likeness (QED) is 0.525. The van der Waals surface area contributed by atoms with E-state index in [0.717, 1.165) is 5.56 Å². The van der Waals surface area contributed by atoms with Gasteiger partial charge in [-0.2, -0.15) is 13.9 Å². The van der Waals surface area contributed by atoms with E-state index in [0.29, 0.717) is 16.6 Å². The first-order chi connectivity index (χ1) is 13.3. The van der Waals surface area contributed by atoms with E-state index in [9.17, 15) is 13.6 Å². The summed E-state index contributed by atoms with van der Waals surface area (Å²) in [7, 11) is 0. The zero-order valence-corrected chi connectivity index (χ0v) is 16.3. The number of rotatable bonds is 6. The zero-order chi connectivity index (χ0) is 20.3. The number of halogens is 5. The summed E-state index contributed by atoms with van der Waals surface area (Å²) in [5.41, 5.74) is 1.08. The van der Waals surface area contributed by atoms with Crippen molar-refractivity contribution in [1.29, 1.82) is 0 Å². The first-order valence-electron chi connectivity index (χ1n) is 7.85. The third-order valence-electron chi connectivity index (χ3n) is 3.62. The largest absolute Gasteiger partial charge is 0.435 e. The maximum Gasteiger partial charge on any atom is 0.387 e. The summed E-state index contributed by atoms with van der Waals surface area (Å²) in [4.78, 5) is 12.3. The maximum atomic E-state index is 12.3. The molecule has 0 spiro atoms. The molecule has 10 heteroatoms. The average Bonchev–Trinajstić information content (AvgIpc) is 2.97. The van der Waals surface area contributed by atoms with E-state index in [1.807, 2.05) is 0 Å². The van der Waals surface area contributed by atoms with E-state index in [-0.39, 0.29) is 22.2 Å². The van der Waals surface area contributed by atoms with E-state index in [4.69, 9.17) is 34.8 Å². The predicted octanol–water partition coefficient (Wildman–Crippen LogP) is 5.75. The fraction of sp³-hybridized carbons (Fsp3) is 0.111. The molecule has 0 bridgehead atoms. The molecule has 0 aliphatic carbocycles. The minimum Gasteiger partial charge on any atom is -0.435 e. The highest BCUT2D eigenvalue weighted by Gasteiger charge is 2.13. The molecule has 0 unspecified atom stereocenters. The van der Waals surface area contributed by atoms with Gasteiger partial charge >= 0.3 is 6.61 Å². The maximum absolute atomic E-state index is 12.3. The highest BCUT2D eigenvalue weighted by molar-refractivity contribution is 6.42. The minimum atomic E-state index is -2.93. The number of alkyl halides is 2. The van der Waals surface area contributed by atoms with Gasteiger partial charge in [-0.1, -0.05) is 40.9 Å². The molecule has 0 atom stereocenters. The lowest BCUT2D eigenvalue weighted by atomic mass is 10.2. The van der Waals surface area contributed by atoms with Gasteiger partial charge < -0.3 is 10.1 Å². The molecule has 2 aromatic carbocycles.